The molecule has 4 heteroatoms. The summed E-state index contributed by atoms with van der Waals surface area (Å²) in [6.45, 7) is 1.55. The highest BCUT2D eigenvalue weighted by atomic mass is 79.9. The number of benzene rings is 2. The van der Waals surface area contributed by atoms with Crippen molar-refractivity contribution in [3.63, 3.8) is 0 Å². The molecule has 0 saturated heterocycles. The summed E-state index contributed by atoms with van der Waals surface area (Å²) >= 11 is 3.43. The minimum atomic E-state index is 0.733. The zero-order valence-electron chi connectivity index (χ0n) is 11.7. The maximum Gasteiger partial charge on any atom is 0.123 e. The van der Waals surface area contributed by atoms with Crippen LogP contribution in [0.3, 0.4) is 0 Å². The molecular weight excluding hydrogens is 318 g/mol. The lowest BCUT2D eigenvalue weighted by molar-refractivity contribution is 0.397. The molecule has 1 N–H and O–H groups in total. The van der Waals surface area contributed by atoms with Crippen LogP contribution in [0.2, 0.25) is 0 Å². The van der Waals surface area contributed by atoms with Crippen LogP contribution in [0.1, 0.15) is 11.1 Å². The van der Waals surface area contributed by atoms with Gasteiger partial charge in [0.15, 0.2) is 0 Å². The average Bonchev–Trinajstić information content (AvgIpc) is 2.49. The third-order valence-corrected chi connectivity index (χ3v) is 3.57. The van der Waals surface area contributed by atoms with Crippen LogP contribution < -0.4 is 14.8 Å². The summed E-state index contributed by atoms with van der Waals surface area (Å²) in [5, 5.41) is 3.41. The minimum absolute atomic E-state index is 0.733. The van der Waals surface area contributed by atoms with Crippen molar-refractivity contribution < 1.29 is 9.47 Å². The normalized spacial score (nSPS) is 10.3. The van der Waals surface area contributed by atoms with Crippen LogP contribution in [-0.2, 0) is 13.1 Å². The molecule has 0 saturated carbocycles. The highest BCUT2D eigenvalue weighted by Crippen LogP contribution is 2.23. The summed E-state index contributed by atoms with van der Waals surface area (Å²) in [5.41, 5.74) is 2.33. The van der Waals surface area contributed by atoms with Gasteiger partial charge in [0.2, 0.25) is 0 Å². The molecule has 3 nitrogen and oxygen atoms in total. The van der Waals surface area contributed by atoms with Gasteiger partial charge >= 0.3 is 0 Å². The summed E-state index contributed by atoms with van der Waals surface area (Å²) in [6, 6.07) is 14.1. The van der Waals surface area contributed by atoms with E-state index in [-0.39, 0.29) is 0 Å². The number of ether oxygens (including phenoxy) is 2. The Morgan fingerprint density at radius 1 is 0.950 bits per heavy atom. The average molecular weight is 336 g/mol. The molecule has 2 aromatic carbocycles. The van der Waals surface area contributed by atoms with E-state index < -0.39 is 0 Å². The molecule has 0 amide bonds. The number of rotatable bonds is 6. The van der Waals surface area contributed by atoms with Crippen molar-refractivity contribution in [2.45, 2.75) is 13.1 Å². The van der Waals surface area contributed by atoms with E-state index in [1.165, 1.54) is 5.56 Å². The predicted molar refractivity (Wildman–Crippen MR) is 84.2 cm³/mol. The van der Waals surface area contributed by atoms with Gasteiger partial charge in [-0.15, -0.1) is 0 Å². The van der Waals surface area contributed by atoms with Gasteiger partial charge in [-0.2, -0.15) is 0 Å². The Bertz CT molecular complexity index is 555. The largest absolute Gasteiger partial charge is 0.497 e. The Morgan fingerprint density at radius 3 is 2.35 bits per heavy atom. The molecule has 2 aromatic rings. The molecular formula is C16H18BrNO2. The van der Waals surface area contributed by atoms with Crippen molar-refractivity contribution >= 4 is 15.9 Å². The fourth-order valence-corrected chi connectivity index (χ4v) is 2.23. The first-order valence-electron chi connectivity index (χ1n) is 6.39. The summed E-state index contributed by atoms with van der Waals surface area (Å²) in [4.78, 5) is 0. The Hall–Kier alpha value is -1.52. The summed E-state index contributed by atoms with van der Waals surface area (Å²) < 4.78 is 11.7. The van der Waals surface area contributed by atoms with E-state index in [2.05, 4.69) is 33.4 Å². The lowest BCUT2D eigenvalue weighted by Gasteiger charge is -2.11. The fraction of sp³-hybridized carbons (Fsp3) is 0.250. The topological polar surface area (TPSA) is 30.5 Å². The standard InChI is InChI=1S/C16H18BrNO2/c1-19-15-7-8-16(20-2)13(9-15)11-18-10-12-3-5-14(17)6-4-12/h3-9,18H,10-11H2,1-2H3. The van der Waals surface area contributed by atoms with E-state index in [0.717, 1.165) is 34.6 Å². The quantitative estimate of drug-likeness (QED) is 0.871. The van der Waals surface area contributed by atoms with Crippen molar-refractivity contribution in [2.75, 3.05) is 14.2 Å². The number of halogens is 1. The van der Waals surface area contributed by atoms with Crippen molar-refractivity contribution in [3.8, 4) is 11.5 Å². The van der Waals surface area contributed by atoms with Gasteiger partial charge in [0.1, 0.15) is 11.5 Å². The maximum absolute atomic E-state index is 5.36. The molecule has 0 fully saturated rings. The van der Waals surface area contributed by atoms with Gasteiger partial charge in [0.25, 0.3) is 0 Å². The molecule has 2 rings (SSSR count). The van der Waals surface area contributed by atoms with Gasteiger partial charge in [-0.3, -0.25) is 0 Å². The zero-order valence-corrected chi connectivity index (χ0v) is 13.2. The molecule has 0 bridgehead atoms. The van der Waals surface area contributed by atoms with Gasteiger partial charge in [0, 0.05) is 23.1 Å². The van der Waals surface area contributed by atoms with Gasteiger partial charge in [-0.1, -0.05) is 28.1 Å². The Balaban J connectivity index is 1.97. The molecule has 106 valence electrons. The SMILES string of the molecule is COc1ccc(OC)c(CNCc2ccc(Br)cc2)c1. The maximum atomic E-state index is 5.36. The van der Waals surface area contributed by atoms with Crippen LogP contribution in [0, 0.1) is 0 Å². The van der Waals surface area contributed by atoms with Crippen molar-refractivity contribution in [3.05, 3.63) is 58.1 Å². The molecule has 0 atom stereocenters. The highest BCUT2D eigenvalue weighted by molar-refractivity contribution is 9.10. The van der Waals surface area contributed by atoms with Gasteiger partial charge in [-0.25, -0.2) is 0 Å². The van der Waals surface area contributed by atoms with E-state index in [4.69, 9.17) is 9.47 Å². The third-order valence-electron chi connectivity index (χ3n) is 3.05. The van der Waals surface area contributed by atoms with Gasteiger partial charge in [0.05, 0.1) is 14.2 Å². The van der Waals surface area contributed by atoms with Crippen molar-refractivity contribution in [2.24, 2.45) is 0 Å². The highest BCUT2D eigenvalue weighted by Gasteiger charge is 2.04. The number of nitrogens with one attached hydrogen (secondary N) is 1. The van der Waals surface area contributed by atoms with Crippen LogP contribution >= 0.6 is 15.9 Å². The smallest absolute Gasteiger partial charge is 0.123 e. The molecule has 20 heavy (non-hydrogen) atoms. The predicted octanol–water partition coefficient (Wildman–Crippen LogP) is 3.76. The van der Waals surface area contributed by atoms with E-state index in [0.29, 0.717) is 0 Å². The second kappa shape index (κ2) is 7.31. The first-order valence-corrected chi connectivity index (χ1v) is 7.18. The first-order chi connectivity index (χ1) is 9.72. The van der Waals surface area contributed by atoms with E-state index in [1.54, 1.807) is 14.2 Å². The Labute approximate surface area is 128 Å². The summed E-state index contributed by atoms with van der Waals surface area (Å²) in [5.74, 6) is 1.71. The third kappa shape index (κ3) is 3.99. The molecule has 0 spiro atoms. The van der Waals surface area contributed by atoms with Crippen LogP contribution in [0.25, 0.3) is 0 Å². The van der Waals surface area contributed by atoms with Gasteiger partial charge in [-0.05, 0) is 35.9 Å². The molecule has 0 unspecified atom stereocenters. The Kier molecular flexibility index (Phi) is 5.44. The second-order valence-corrected chi connectivity index (χ2v) is 5.32. The molecule has 0 aliphatic carbocycles. The van der Waals surface area contributed by atoms with E-state index >= 15 is 0 Å². The summed E-state index contributed by atoms with van der Waals surface area (Å²) in [6.07, 6.45) is 0. The molecule has 0 radical (unpaired) electrons. The number of hydrogen-bond donors (Lipinski definition) is 1. The van der Waals surface area contributed by atoms with Crippen molar-refractivity contribution in [1.82, 2.24) is 5.32 Å². The summed E-state index contributed by atoms with van der Waals surface area (Å²) in [7, 11) is 3.35. The molecule has 0 aliphatic heterocycles. The molecule has 0 aliphatic rings. The fourth-order valence-electron chi connectivity index (χ4n) is 1.96. The van der Waals surface area contributed by atoms with Crippen LogP contribution in [0.5, 0.6) is 11.5 Å². The van der Waals surface area contributed by atoms with E-state index in [9.17, 15) is 0 Å². The van der Waals surface area contributed by atoms with Crippen LogP contribution in [0.15, 0.2) is 46.9 Å². The molecule has 0 heterocycles. The van der Waals surface area contributed by atoms with Crippen LogP contribution in [0.4, 0.5) is 0 Å². The van der Waals surface area contributed by atoms with E-state index in [1.807, 2.05) is 30.3 Å². The minimum Gasteiger partial charge on any atom is -0.497 e. The lowest BCUT2D eigenvalue weighted by atomic mass is 10.1. The van der Waals surface area contributed by atoms with Crippen LogP contribution in [-0.4, -0.2) is 14.2 Å². The van der Waals surface area contributed by atoms with Crippen molar-refractivity contribution in [1.29, 1.82) is 0 Å². The zero-order chi connectivity index (χ0) is 14.4. The number of hydrogen-bond acceptors (Lipinski definition) is 3. The Morgan fingerprint density at radius 2 is 1.70 bits per heavy atom. The second-order valence-electron chi connectivity index (χ2n) is 4.41. The number of methoxy groups -OCH3 is 2. The first kappa shape index (κ1) is 14.9. The lowest BCUT2D eigenvalue weighted by Crippen LogP contribution is -2.13. The van der Waals surface area contributed by atoms with Gasteiger partial charge < -0.3 is 14.8 Å². The molecule has 0 aromatic heterocycles. The monoisotopic (exact) mass is 335 g/mol.